The Morgan fingerprint density at radius 1 is 1.00 bits per heavy atom. The van der Waals surface area contributed by atoms with E-state index in [1.165, 1.54) is 32.4 Å². The largest absolute Gasteiger partial charge is 0.494 e. The van der Waals surface area contributed by atoms with Crippen LogP contribution in [0.2, 0.25) is 0 Å². The predicted molar refractivity (Wildman–Crippen MR) is 115 cm³/mol. The molecule has 0 atom stereocenters. The third-order valence-corrected chi connectivity index (χ3v) is 5.24. The van der Waals surface area contributed by atoms with E-state index in [1.807, 2.05) is 43.5 Å². The molecule has 0 saturated carbocycles. The van der Waals surface area contributed by atoms with Crippen molar-refractivity contribution in [3.8, 4) is 5.75 Å². The van der Waals surface area contributed by atoms with E-state index >= 15 is 0 Å². The average Bonchev–Trinajstić information content (AvgIpc) is 3.10. The van der Waals surface area contributed by atoms with Crippen molar-refractivity contribution in [3.05, 3.63) is 54.1 Å². The molecular formula is C23H28N4O. The van der Waals surface area contributed by atoms with Crippen LogP contribution >= 0.6 is 0 Å². The minimum atomic E-state index is 0.675. The molecule has 1 fully saturated rings. The quantitative estimate of drug-likeness (QED) is 0.563. The second-order valence-electron chi connectivity index (χ2n) is 7.21. The van der Waals surface area contributed by atoms with E-state index in [0.717, 1.165) is 41.4 Å². The number of para-hydroxylation sites is 2. The maximum absolute atomic E-state index is 5.51. The summed E-state index contributed by atoms with van der Waals surface area (Å²) >= 11 is 0. The molecule has 0 unspecified atom stereocenters. The number of aliphatic imine (C=N–C) groups is 1. The first-order chi connectivity index (χ1) is 13.8. The molecule has 0 radical (unpaired) electrons. The third kappa shape index (κ3) is 4.42. The Balaban J connectivity index is 1.55. The fourth-order valence-corrected chi connectivity index (χ4v) is 3.76. The van der Waals surface area contributed by atoms with Gasteiger partial charge in [-0.05, 0) is 74.8 Å². The van der Waals surface area contributed by atoms with Gasteiger partial charge in [-0.3, -0.25) is 0 Å². The van der Waals surface area contributed by atoms with Crippen LogP contribution in [0.15, 0.2) is 53.5 Å². The van der Waals surface area contributed by atoms with Gasteiger partial charge in [0.25, 0.3) is 0 Å². The van der Waals surface area contributed by atoms with E-state index in [0.29, 0.717) is 6.61 Å². The van der Waals surface area contributed by atoms with Crippen molar-refractivity contribution < 1.29 is 4.74 Å². The van der Waals surface area contributed by atoms with E-state index in [4.69, 9.17) is 14.7 Å². The monoisotopic (exact) mass is 376 g/mol. The molecule has 2 aromatic carbocycles. The van der Waals surface area contributed by atoms with Gasteiger partial charge in [-0.1, -0.05) is 18.6 Å². The molecule has 0 amide bonds. The molecule has 5 nitrogen and oxygen atoms in total. The molecule has 146 valence electrons. The summed E-state index contributed by atoms with van der Waals surface area (Å²) in [5, 5.41) is 0. The van der Waals surface area contributed by atoms with Gasteiger partial charge in [0, 0.05) is 19.3 Å². The number of ether oxygens (including phenoxy) is 1. The summed E-state index contributed by atoms with van der Waals surface area (Å²) in [6.45, 7) is 7.04. The van der Waals surface area contributed by atoms with Crippen LogP contribution in [0.1, 0.15) is 31.7 Å². The Kier molecular flexibility index (Phi) is 6.02. The van der Waals surface area contributed by atoms with Crippen molar-refractivity contribution in [2.24, 2.45) is 4.99 Å². The van der Waals surface area contributed by atoms with Gasteiger partial charge in [0.1, 0.15) is 5.75 Å². The van der Waals surface area contributed by atoms with Crippen molar-refractivity contribution in [1.82, 2.24) is 14.5 Å². The van der Waals surface area contributed by atoms with Crippen LogP contribution in [0.5, 0.6) is 5.75 Å². The van der Waals surface area contributed by atoms with Crippen LogP contribution in [0.25, 0.3) is 11.0 Å². The molecule has 28 heavy (non-hydrogen) atoms. The number of hydrogen-bond acceptors (Lipinski definition) is 4. The summed E-state index contributed by atoms with van der Waals surface area (Å²) in [4.78, 5) is 12.0. The summed E-state index contributed by atoms with van der Waals surface area (Å²) in [7, 11) is 0. The molecule has 1 saturated heterocycles. The van der Waals surface area contributed by atoms with Crippen LogP contribution in [-0.4, -0.2) is 46.9 Å². The van der Waals surface area contributed by atoms with Gasteiger partial charge in [0.15, 0.2) is 0 Å². The minimum Gasteiger partial charge on any atom is -0.494 e. The van der Waals surface area contributed by atoms with Crippen molar-refractivity contribution in [2.75, 3.05) is 26.2 Å². The van der Waals surface area contributed by atoms with Crippen molar-refractivity contribution in [1.29, 1.82) is 0 Å². The third-order valence-electron chi connectivity index (χ3n) is 5.24. The SMILES string of the molecule is CCOc1ccc(/C=N/c2nc3ccccc3n2CCN2CCCCC2)cc1. The summed E-state index contributed by atoms with van der Waals surface area (Å²) in [6, 6.07) is 16.3. The van der Waals surface area contributed by atoms with E-state index in [-0.39, 0.29) is 0 Å². The molecule has 0 bridgehead atoms. The molecule has 3 aromatic rings. The van der Waals surface area contributed by atoms with Crippen LogP contribution in [0.4, 0.5) is 5.95 Å². The fourth-order valence-electron chi connectivity index (χ4n) is 3.76. The molecule has 5 heteroatoms. The number of aromatic nitrogens is 2. The highest BCUT2D eigenvalue weighted by Crippen LogP contribution is 2.22. The fraction of sp³-hybridized carbons (Fsp3) is 0.391. The average molecular weight is 377 g/mol. The van der Waals surface area contributed by atoms with Gasteiger partial charge in [-0.2, -0.15) is 0 Å². The van der Waals surface area contributed by atoms with Crippen molar-refractivity contribution in [3.63, 3.8) is 0 Å². The predicted octanol–water partition coefficient (Wildman–Crippen LogP) is 4.67. The van der Waals surface area contributed by atoms with Gasteiger partial charge in [-0.15, -0.1) is 0 Å². The van der Waals surface area contributed by atoms with Crippen LogP contribution in [-0.2, 0) is 6.54 Å². The molecule has 1 aliphatic rings. The highest BCUT2D eigenvalue weighted by Gasteiger charge is 2.13. The van der Waals surface area contributed by atoms with Crippen LogP contribution < -0.4 is 4.74 Å². The first kappa shape index (κ1) is 18.7. The van der Waals surface area contributed by atoms with E-state index in [2.05, 4.69) is 27.7 Å². The molecule has 0 N–H and O–H groups in total. The van der Waals surface area contributed by atoms with Crippen LogP contribution in [0.3, 0.4) is 0 Å². The second kappa shape index (κ2) is 9.02. The highest BCUT2D eigenvalue weighted by molar-refractivity contribution is 5.83. The van der Waals surface area contributed by atoms with Gasteiger partial charge in [0.05, 0.1) is 17.6 Å². The molecular weight excluding hydrogens is 348 g/mol. The summed E-state index contributed by atoms with van der Waals surface area (Å²) in [5.74, 6) is 1.65. The molecule has 1 aromatic heterocycles. The smallest absolute Gasteiger partial charge is 0.230 e. The highest BCUT2D eigenvalue weighted by atomic mass is 16.5. The van der Waals surface area contributed by atoms with E-state index in [9.17, 15) is 0 Å². The summed E-state index contributed by atoms with van der Waals surface area (Å²) in [5.41, 5.74) is 3.19. The van der Waals surface area contributed by atoms with Crippen molar-refractivity contribution in [2.45, 2.75) is 32.7 Å². The van der Waals surface area contributed by atoms with Gasteiger partial charge in [-0.25, -0.2) is 9.98 Å². The topological polar surface area (TPSA) is 42.7 Å². The van der Waals surface area contributed by atoms with Gasteiger partial charge < -0.3 is 14.2 Å². The Bertz CT molecular complexity index is 923. The zero-order valence-corrected chi connectivity index (χ0v) is 16.6. The minimum absolute atomic E-state index is 0.675. The number of nitrogens with zero attached hydrogens (tertiary/aromatic N) is 4. The van der Waals surface area contributed by atoms with Crippen molar-refractivity contribution >= 4 is 23.2 Å². The maximum Gasteiger partial charge on any atom is 0.230 e. The van der Waals surface area contributed by atoms with Crippen LogP contribution in [0, 0.1) is 0 Å². The first-order valence-electron chi connectivity index (χ1n) is 10.3. The lowest BCUT2D eigenvalue weighted by atomic mass is 10.1. The lowest BCUT2D eigenvalue weighted by Crippen LogP contribution is -2.32. The second-order valence-corrected chi connectivity index (χ2v) is 7.21. The number of benzene rings is 2. The zero-order chi connectivity index (χ0) is 19.2. The van der Waals surface area contributed by atoms with Gasteiger partial charge >= 0.3 is 0 Å². The van der Waals surface area contributed by atoms with E-state index < -0.39 is 0 Å². The normalized spacial score (nSPS) is 15.5. The summed E-state index contributed by atoms with van der Waals surface area (Å²) < 4.78 is 7.75. The summed E-state index contributed by atoms with van der Waals surface area (Å²) in [6.07, 6.45) is 5.87. The number of rotatable bonds is 7. The molecule has 2 heterocycles. The Morgan fingerprint density at radius 2 is 1.79 bits per heavy atom. The number of piperidine rings is 1. The Hall–Kier alpha value is -2.66. The first-order valence-corrected chi connectivity index (χ1v) is 10.3. The standard InChI is InChI=1S/C23H28N4O/c1-2-28-20-12-10-19(11-13-20)18-24-23-25-21-8-4-5-9-22(21)27(23)17-16-26-14-6-3-7-15-26/h4-5,8-13,18H,2-3,6-7,14-17H2,1H3/b24-18+. The Morgan fingerprint density at radius 3 is 2.57 bits per heavy atom. The lowest BCUT2D eigenvalue weighted by molar-refractivity contribution is 0.222. The van der Waals surface area contributed by atoms with E-state index in [1.54, 1.807) is 0 Å². The molecule has 0 spiro atoms. The number of imidazole rings is 1. The Labute approximate surface area is 166 Å². The number of likely N-dealkylation sites (tertiary alicyclic amines) is 1. The molecule has 1 aliphatic heterocycles. The maximum atomic E-state index is 5.51. The number of fused-ring (bicyclic) bond motifs is 1. The molecule has 4 rings (SSSR count). The molecule has 0 aliphatic carbocycles. The lowest BCUT2D eigenvalue weighted by Gasteiger charge is -2.26. The van der Waals surface area contributed by atoms with Gasteiger partial charge in [0.2, 0.25) is 5.95 Å². The zero-order valence-electron chi connectivity index (χ0n) is 16.6. The number of hydrogen-bond donors (Lipinski definition) is 0.